The molecule has 108 valence electrons. The predicted octanol–water partition coefficient (Wildman–Crippen LogP) is 1.47. The van der Waals surface area contributed by atoms with Crippen molar-refractivity contribution in [2.24, 2.45) is 0 Å². The molecular formula is C15H20N2O3. The summed E-state index contributed by atoms with van der Waals surface area (Å²) >= 11 is 0. The number of amides is 2. The summed E-state index contributed by atoms with van der Waals surface area (Å²) in [5.41, 5.74) is 1.93. The fourth-order valence-electron chi connectivity index (χ4n) is 2.16. The molecule has 20 heavy (non-hydrogen) atoms. The van der Waals surface area contributed by atoms with Crippen molar-refractivity contribution in [1.29, 1.82) is 0 Å². The Kier molecular flexibility index (Phi) is 5.12. The average Bonchev–Trinajstić information content (AvgIpc) is 2.89. The maximum absolute atomic E-state index is 11.6. The van der Waals surface area contributed by atoms with Gasteiger partial charge in [0.05, 0.1) is 0 Å². The van der Waals surface area contributed by atoms with Crippen LogP contribution in [0.3, 0.4) is 0 Å². The lowest BCUT2D eigenvalue weighted by molar-refractivity contribution is -0.125. The van der Waals surface area contributed by atoms with Gasteiger partial charge >= 0.3 is 0 Å². The summed E-state index contributed by atoms with van der Waals surface area (Å²) in [5.74, 6) is 0.0633. The number of ether oxygens (including phenoxy) is 1. The molecule has 2 rings (SSSR count). The van der Waals surface area contributed by atoms with Crippen LogP contribution < -0.4 is 10.2 Å². The zero-order valence-corrected chi connectivity index (χ0v) is 11.7. The largest absolute Gasteiger partial charge is 0.372 e. The second-order valence-corrected chi connectivity index (χ2v) is 4.73. The molecule has 1 aliphatic rings. The van der Waals surface area contributed by atoms with Gasteiger partial charge in [-0.2, -0.15) is 0 Å². The van der Waals surface area contributed by atoms with Crippen LogP contribution in [0.25, 0.3) is 0 Å². The van der Waals surface area contributed by atoms with E-state index in [2.05, 4.69) is 5.32 Å². The first-order valence-corrected chi connectivity index (χ1v) is 6.94. The molecule has 5 nitrogen and oxygen atoms in total. The van der Waals surface area contributed by atoms with E-state index in [0.29, 0.717) is 19.6 Å². The van der Waals surface area contributed by atoms with E-state index >= 15 is 0 Å². The third-order valence-electron chi connectivity index (χ3n) is 3.25. The molecule has 1 N–H and O–H groups in total. The van der Waals surface area contributed by atoms with Crippen molar-refractivity contribution in [3.8, 4) is 0 Å². The van der Waals surface area contributed by atoms with Crippen LogP contribution in [-0.2, 0) is 20.9 Å². The molecule has 0 atom stereocenters. The van der Waals surface area contributed by atoms with E-state index in [1.165, 1.54) is 0 Å². The smallest absolute Gasteiger partial charge is 0.246 e. The Morgan fingerprint density at radius 3 is 2.70 bits per heavy atom. The van der Waals surface area contributed by atoms with Gasteiger partial charge in [-0.25, -0.2) is 0 Å². The second-order valence-electron chi connectivity index (χ2n) is 4.73. The first-order chi connectivity index (χ1) is 9.70. The highest BCUT2D eigenvalue weighted by Gasteiger charge is 2.21. The summed E-state index contributed by atoms with van der Waals surface area (Å²) < 4.78 is 5.03. The van der Waals surface area contributed by atoms with Gasteiger partial charge < -0.3 is 15.0 Å². The monoisotopic (exact) mass is 276 g/mol. The van der Waals surface area contributed by atoms with Crippen molar-refractivity contribution in [1.82, 2.24) is 5.32 Å². The van der Waals surface area contributed by atoms with Gasteiger partial charge in [-0.3, -0.25) is 9.59 Å². The summed E-state index contributed by atoms with van der Waals surface area (Å²) in [6, 6.07) is 7.71. The van der Waals surface area contributed by atoms with Crippen LogP contribution in [0.2, 0.25) is 0 Å². The van der Waals surface area contributed by atoms with Gasteiger partial charge in [0, 0.05) is 31.8 Å². The van der Waals surface area contributed by atoms with E-state index in [9.17, 15) is 9.59 Å². The minimum Gasteiger partial charge on any atom is -0.372 e. The zero-order valence-electron chi connectivity index (χ0n) is 11.7. The molecule has 0 radical (unpaired) electrons. The molecule has 5 heteroatoms. The molecule has 1 aliphatic heterocycles. The summed E-state index contributed by atoms with van der Waals surface area (Å²) in [7, 11) is 0. The molecule has 0 bridgehead atoms. The van der Waals surface area contributed by atoms with Crippen LogP contribution in [-0.4, -0.2) is 31.6 Å². The first-order valence-electron chi connectivity index (χ1n) is 6.94. The van der Waals surface area contributed by atoms with Crippen molar-refractivity contribution in [2.45, 2.75) is 26.3 Å². The highest BCUT2D eigenvalue weighted by Crippen LogP contribution is 2.21. The number of hydrogen-bond donors (Lipinski definition) is 1. The van der Waals surface area contributed by atoms with Crippen molar-refractivity contribution in [3.63, 3.8) is 0 Å². The van der Waals surface area contributed by atoms with Crippen molar-refractivity contribution in [3.05, 3.63) is 29.8 Å². The molecule has 0 unspecified atom stereocenters. The third-order valence-corrected chi connectivity index (χ3v) is 3.25. The molecule has 2 amide bonds. The fourth-order valence-corrected chi connectivity index (χ4v) is 2.16. The third kappa shape index (κ3) is 3.81. The Morgan fingerprint density at radius 2 is 2.10 bits per heavy atom. The molecule has 1 aromatic carbocycles. The number of carbonyl (C=O) groups excluding carboxylic acids is 2. The van der Waals surface area contributed by atoms with Crippen molar-refractivity contribution >= 4 is 17.5 Å². The number of anilines is 1. The quantitative estimate of drug-likeness (QED) is 0.856. The standard InChI is InChI=1S/C15H20N2O3/c1-2-20-11-14(18)16-10-12-5-7-13(8-6-12)17-9-3-4-15(17)19/h5-8H,2-4,9-11H2,1H3,(H,16,18). The van der Waals surface area contributed by atoms with Gasteiger partial charge in [0.25, 0.3) is 0 Å². The van der Waals surface area contributed by atoms with Crippen LogP contribution in [0.1, 0.15) is 25.3 Å². The van der Waals surface area contributed by atoms with E-state index in [1.54, 1.807) is 4.90 Å². The van der Waals surface area contributed by atoms with Crippen LogP contribution in [0, 0.1) is 0 Å². The van der Waals surface area contributed by atoms with Gasteiger partial charge in [0.2, 0.25) is 11.8 Å². The lowest BCUT2D eigenvalue weighted by atomic mass is 10.2. The number of nitrogens with one attached hydrogen (secondary N) is 1. The van der Waals surface area contributed by atoms with E-state index < -0.39 is 0 Å². The molecular weight excluding hydrogens is 256 g/mol. The summed E-state index contributed by atoms with van der Waals surface area (Å²) in [4.78, 5) is 24.8. The van der Waals surface area contributed by atoms with Gasteiger partial charge in [0.1, 0.15) is 6.61 Å². The Balaban J connectivity index is 1.85. The molecule has 1 heterocycles. The fraction of sp³-hybridized carbons (Fsp3) is 0.467. The molecule has 0 aliphatic carbocycles. The van der Waals surface area contributed by atoms with E-state index in [-0.39, 0.29) is 18.4 Å². The Morgan fingerprint density at radius 1 is 1.35 bits per heavy atom. The summed E-state index contributed by atoms with van der Waals surface area (Å²) in [6.07, 6.45) is 1.56. The molecule has 0 spiro atoms. The number of hydrogen-bond acceptors (Lipinski definition) is 3. The highest BCUT2D eigenvalue weighted by molar-refractivity contribution is 5.95. The topological polar surface area (TPSA) is 58.6 Å². The van der Waals surface area contributed by atoms with Crippen LogP contribution >= 0.6 is 0 Å². The lowest BCUT2D eigenvalue weighted by Crippen LogP contribution is -2.27. The van der Waals surface area contributed by atoms with Crippen molar-refractivity contribution < 1.29 is 14.3 Å². The molecule has 0 aromatic heterocycles. The maximum Gasteiger partial charge on any atom is 0.246 e. The van der Waals surface area contributed by atoms with E-state index in [0.717, 1.165) is 24.2 Å². The van der Waals surface area contributed by atoms with Crippen LogP contribution in [0.4, 0.5) is 5.69 Å². The average molecular weight is 276 g/mol. The van der Waals surface area contributed by atoms with Crippen molar-refractivity contribution in [2.75, 3.05) is 24.7 Å². The van der Waals surface area contributed by atoms with E-state index in [4.69, 9.17) is 4.74 Å². The second kappa shape index (κ2) is 7.05. The van der Waals surface area contributed by atoms with Gasteiger partial charge in [-0.05, 0) is 31.0 Å². The maximum atomic E-state index is 11.6. The lowest BCUT2D eigenvalue weighted by Gasteiger charge is -2.16. The minimum atomic E-state index is -0.120. The first kappa shape index (κ1) is 14.5. The van der Waals surface area contributed by atoms with Gasteiger partial charge in [-0.15, -0.1) is 0 Å². The molecule has 1 aromatic rings. The number of rotatable bonds is 6. The number of benzene rings is 1. The highest BCUT2D eigenvalue weighted by atomic mass is 16.5. The van der Waals surface area contributed by atoms with Crippen LogP contribution in [0.15, 0.2) is 24.3 Å². The number of carbonyl (C=O) groups is 2. The Hall–Kier alpha value is -1.88. The number of nitrogens with zero attached hydrogens (tertiary/aromatic N) is 1. The molecule has 1 fully saturated rings. The summed E-state index contributed by atoms with van der Waals surface area (Å²) in [5, 5.41) is 2.79. The summed E-state index contributed by atoms with van der Waals surface area (Å²) in [6.45, 7) is 3.75. The van der Waals surface area contributed by atoms with Gasteiger partial charge in [0.15, 0.2) is 0 Å². The zero-order chi connectivity index (χ0) is 14.4. The van der Waals surface area contributed by atoms with Gasteiger partial charge in [-0.1, -0.05) is 12.1 Å². The SMILES string of the molecule is CCOCC(=O)NCc1ccc(N2CCCC2=O)cc1. The van der Waals surface area contributed by atoms with Crippen LogP contribution in [0.5, 0.6) is 0 Å². The Bertz CT molecular complexity index is 471. The minimum absolute atomic E-state index is 0.0941. The molecule has 1 saturated heterocycles. The predicted molar refractivity (Wildman–Crippen MR) is 76.4 cm³/mol. The Labute approximate surface area is 118 Å². The van der Waals surface area contributed by atoms with E-state index in [1.807, 2.05) is 31.2 Å². The normalized spacial score (nSPS) is 14.7. The molecule has 0 saturated carbocycles.